The number of hydrogen-bond acceptors (Lipinski definition) is 7. The van der Waals surface area contributed by atoms with Gasteiger partial charge in [-0.1, -0.05) is 23.2 Å². The van der Waals surface area contributed by atoms with Gasteiger partial charge in [0.25, 0.3) is 0 Å². The van der Waals surface area contributed by atoms with Crippen LogP contribution in [0.3, 0.4) is 0 Å². The molecule has 0 saturated carbocycles. The number of anilines is 1. The topological polar surface area (TPSA) is 151 Å². The third kappa shape index (κ3) is 8.02. The Bertz CT molecular complexity index is 1020. The summed E-state index contributed by atoms with van der Waals surface area (Å²) in [6.07, 6.45) is 1.17. The molecule has 1 heterocycles. The van der Waals surface area contributed by atoms with Crippen molar-refractivity contribution in [3.8, 4) is 0 Å². The molecule has 1 aromatic heterocycles. The fourth-order valence-electron chi connectivity index (χ4n) is 2.12. The van der Waals surface area contributed by atoms with Gasteiger partial charge in [-0.3, -0.25) is 19.2 Å². The molecule has 32 heavy (non-hydrogen) atoms. The summed E-state index contributed by atoms with van der Waals surface area (Å²) in [6, 6.07) is 7.46. The third-order valence-corrected chi connectivity index (χ3v) is 4.38. The van der Waals surface area contributed by atoms with Gasteiger partial charge >= 0.3 is 23.6 Å². The van der Waals surface area contributed by atoms with Crippen molar-refractivity contribution in [2.24, 2.45) is 5.10 Å². The summed E-state index contributed by atoms with van der Waals surface area (Å²) < 4.78 is 10.1. The fraction of sp³-hybridized carbons (Fsp3) is 0.211. The van der Waals surface area contributed by atoms with E-state index in [0.717, 1.165) is 0 Å². The summed E-state index contributed by atoms with van der Waals surface area (Å²) in [6.45, 7) is 0.381. The summed E-state index contributed by atoms with van der Waals surface area (Å²) in [5.41, 5.74) is 2.35. The maximum absolute atomic E-state index is 11.9. The van der Waals surface area contributed by atoms with E-state index in [1.807, 2.05) is 5.43 Å². The molecule has 2 rings (SSSR count). The van der Waals surface area contributed by atoms with Gasteiger partial charge in [-0.05, 0) is 30.3 Å². The number of carbonyl (C=O) groups excluding carboxylic acids is 4. The predicted octanol–water partition coefficient (Wildman–Crippen LogP) is 1.05. The summed E-state index contributed by atoms with van der Waals surface area (Å²) in [5, 5.41) is 11.3. The first kappa shape index (κ1) is 24.9. The lowest BCUT2D eigenvalue weighted by molar-refractivity contribution is -0.139. The molecule has 4 amide bonds. The van der Waals surface area contributed by atoms with Crippen molar-refractivity contribution in [1.29, 1.82) is 0 Å². The van der Waals surface area contributed by atoms with E-state index in [-0.39, 0.29) is 30.5 Å². The van der Waals surface area contributed by atoms with Crippen LogP contribution < -0.4 is 21.4 Å². The van der Waals surface area contributed by atoms with Gasteiger partial charge < -0.3 is 25.1 Å². The highest BCUT2D eigenvalue weighted by atomic mass is 35.5. The molecule has 170 valence electrons. The van der Waals surface area contributed by atoms with Crippen LogP contribution in [0.5, 0.6) is 0 Å². The molecule has 1 aromatic carbocycles. The highest BCUT2D eigenvalue weighted by molar-refractivity contribution is 6.43. The van der Waals surface area contributed by atoms with Gasteiger partial charge in [0.15, 0.2) is 0 Å². The normalized spacial score (nSPS) is 10.6. The molecule has 0 saturated heterocycles. The molecule has 11 nitrogen and oxygen atoms in total. The SMILES string of the molecule is COCCNC(=O)C(=O)N/N=C/c1ccc(CNC(=O)C(=O)Nc2ccc(Cl)c(Cl)c2)o1. The number of nitrogens with zero attached hydrogens (tertiary/aromatic N) is 1. The molecule has 0 unspecified atom stereocenters. The van der Waals surface area contributed by atoms with Crippen LogP contribution in [0.25, 0.3) is 0 Å². The molecule has 0 aliphatic heterocycles. The fourth-order valence-corrected chi connectivity index (χ4v) is 2.42. The van der Waals surface area contributed by atoms with Crippen LogP contribution in [0.4, 0.5) is 5.69 Å². The Morgan fingerprint density at radius 2 is 1.75 bits per heavy atom. The first-order chi connectivity index (χ1) is 15.3. The monoisotopic (exact) mass is 483 g/mol. The van der Waals surface area contributed by atoms with Crippen LogP contribution in [0, 0.1) is 0 Å². The molecule has 0 aliphatic rings. The van der Waals surface area contributed by atoms with Gasteiger partial charge in [-0.2, -0.15) is 5.10 Å². The lowest BCUT2D eigenvalue weighted by atomic mass is 10.3. The second-order valence-corrected chi connectivity index (χ2v) is 6.83. The maximum Gasteiger partial charge on any atom is 0.329 e. The van der Waals surface area contributed by atoms with Crippen molar-refractivity contribution in [2.75, 3.05) is 25.6 Å². The highest BCUT2D eigenvalue weighted by Crippen LogP contribution is 2.24. The van der Waals surface area contributed by atoms with Gasteiger partial charge in [-0.15, -0.1) is 0 Å². The number of ether oxygens (including phenoxy) is 1. The molecule has 0 aliphatic carbocycles. The number of hydrogen-bond donors (Lipinski definition) is 4. The number of furan rings is 1. The lowest BCUT2D eigenvalue weighted by Gasteiger charge is -2.06. The van der Waals surface area contributed by atoms with E-state index in [2.05, 4.69) is 21.1 Å². The standard InChI is InChI=1S/C19H19Cl2N5O6/c1-31-7-6-22-17(28)19(30)26-24-10-13-4-3-12(32-13)9-23-16(27)18(29)25-11-2-5-14(20)15(21)8-11/h2-5,8,10H,6-7,9H2,1H3,(H,22,28)(H,23,27)(H,25,29)(H,26,30)/b24-10+. The Balaban J connectivity index is 1.77. The minimum absolute atomic E-state index is 0.0737. The molecular weight excluding hydrogens is 465 g/mol. The van der Waals surface area contributed by atoms with E-state index < -0.39 is 23.6 Å². The average molecular weight is 484 g/mol. The lowest BCUT2D eigenvalue weighted by Crippen LogP contribution is -2.39. The van der Waals surface area contributed by atoms with Crippen molar-refractivity contribution in [1.82, 2.24) is 16.1 Å². The van der Waals surface area contributed by atoms with Gasteiger partial charge in [0.1, 0.15) is 11.5 Å². The van der Waals surface area contributed by atoms with Crippen LogP contribution in [-0.4, -0.2) is 50.1 Å². The van der Waals surface area contributed by atoms with E-state index in [1.54, 1.807) is 0 Å². The highest BCUT2D eigenvalue weighted by Gasteiger charge is 2.15. The van der Waals surface area contributed by atoms with Gasteiger partial charge in [0.2, 0.25) is 0 Å². The van der Waals surface area contributed by atoms with Crippen molar-refractivity contribution in [3.05, 3.63) is 51.9 Å². The van der Waals surface area contributed by atoms with Gasteiger partial charge in [0.05, 0.1) is 29.4 Å². The number of methoxy groups -OCH3 is 1. The van der Waals surface area contributed by atoms with E-state index in [9.17, 15) is 19.2 Å². The number of nitrogens with one attached hydrogen (secondary N) is 4. The number of hydrazone groups is 1. The number of rotatable bonds is 8. The molecule has 2 aromatic rings. The molecule has 0 atom stereocenters. The number of carbonyl (C=O) groups is 4. The summed E-state index contributed by atoms with van der Waals surface area (Å²) >= 11 is 11.7. The minimum atomic E-state index is -0.954. The summed E-state index contributed by atoms with van der Waals surface area (Å²) in [7, 11) is 1.46. The first-order valence-electron chi connectivity index (χ1n) is 9.03. The van der Waals surface area contributed by atoms with E-state index in [0.29, 0.717) is 16.5 Å². The zero-order valence-electron chi connectivity index (χ0n) is 16.7. The quantitative estimate of drug-likeness (QED) is 0.190. The summed E-state index contributed by atoms with van der Waals surface area (Å²) in [4.78, 5) is 46.9. The van der Waals surface area contributed by atoms with Crippen molar-refractivity contribution in [3.63, 3.8) is 0 Å². The molecule has 13 heteroatoms. The van der Waals surface area contributed by atoms with Crippen LogP contribution >= 0.6 is 23.2 Å². The van der Waals surface area contributed by atoms with Crippen LogP contribution in [0.15, 0.2) is 39.9 Å². The second-order valence-electron chi connectivity index (χ2n) is 6.02. The largest absolute Gasteiger partial charge is 0.458 e. The van der Waals surface area contributed by atoms with Crippen molar-refractivity contribution >= 4 is 58.7 Å². The Morgan fingerprint density at radius 3 is 2.47 bits per heavy atom. The summed E-state index contributed by atoms with van der Waals surface area (Å²) in [5.74, 6) is -3.04. The zero-order valence-corrected chi connectivity index (χ0v) is 18.2. The smallest absolute Gasteiger partial charge is 0.329 e. The number of halogens is 2. The predicted molar refractivity (Wildman–Crippen MR) is 116 cm³/mol. The second kappa shape index (κ2) is 12.4. The molecular formula is C19H19Cl2N5O6. The van der Waals surface area contributed by atoms with Gasteiger partial charge in [-0.25, -0.2) is 5.43 Å². The van der Waals surface area contributed by atoms with Crippen molar-refractivity contribution in [2.45, 2.75) is 6.54 Å². The Kier molecular flexibility index (Phi) is 9.67. The van der Waals surface area contributed by atoms with E-state index in [1.165, 1.54) is 43.7 Å². The van der Waals surface area contributed by atoms with Crippen LogP contribution in [0.2, 0.25) is 10.0 Å². The maximum atomic E-state index is 11.9. The van der Waals surface area contributed by atoms with Gasteiger partial charge in [0, 0.05) is 19.3 Å². The minimum Gasteiger partial charge on any atom is -0.458 e. The molecule has 0 bridgehead atoms. The van der Waals surface area contributed by atoms with Crippen LogP contribution in [0.1, 0.15) is 11.5 Å². The Labute approximate surface area is 192 Å². The third-order valence-electron chi connectivity index (χ3n) is 3.65. The Hall–Kier alpha value is -3.41. The molecule has 0 radical (unpaired) electrons. The van der Waals surface area contributed by atoms with Crippen molar-refractivity contribution < 1.29 is 28.3 Å². The van der Waals surface area contributed by atoms with Crippen LogP contribution in [-0.2, 0) is 30.5 Å². The average Bonchev–Trinajstić information content (AvgIpc) is 3.22. The Morgan fingerprint density at radius 1 is 1.00 bits per heavy atom. The van der Waals surface area contributed by atoms with E-state index >= 15 is 0 Å². The van der Waals surface area contributed by atoms with E-state index in [4.69, 9.17) is 32.4 Å². The molecule has 4 N–H and O–H groups in total. The molecule has 0 fully saturated rings. The first-order valence-corrected chi connectivity index (χ1v) is 9.79. The number of benzene rings is 1. The molecule has 0 spiro atoms. The zero-order chi connectivity index (χ0) is 23.5. The number of amides is 4.